The van der Waals surface area contributed by atoms with Crippen LogP contribution in [0.2, 0.25) is 0 Å². The van der Waals surface area contributed by atoms with Gasteiger partial charge in [0.25, 0.3) is 11.8 Å². The Morgan fingerprint density at radius 3 is 2.69 bits per heavy atom. The van der Waals surface area contributed by atoms with Gasteiger partial charge in [0, 0.05) is 22.4 Å². The lowest BCUT2D eigenvalue weighted by Gasteiger charge is -2.20. The van der Waals surface area contributed by atoms with E-state index in [0.717, 1.165) is 37.2 Å². The second kappa shape index (κ2) is 7.35. The van der Waals surface area contributed by atoms with Gasteiger partial charge in [-0.3, -0.25) is 10.1 Å². The third-order valence-electron chi connectivity index (χ3n) is 4.42. The maximum atomic E-state index is 12.4. The van der Waals surface area contributed by atoms with Crippen molar-refractivity contribution < 1.29 is 9.32 Å². The van der Waals surface area contributed by atoms with Crippen LogP contribution in [0.25, 0.3) is 11.5 Å². The summed E-state index contributed by atoms with van der Waals surface area (Å²) in [6, 6.07) is 7.07. The number of anilines is 1. The first-order valence-corrected chi connectivity index (χ1v) is 9.45. The van der Waals surface area contributed by atoms with E-state index in [2.05, 4.69) is 25.8 Å². The van der Waals surface area contributed by atoms with Gasteiger partial charge < -0.3 is 9.84 Å². The predicted octanol–water partition coefficient (Wildman–Crippen LogP) is 3.22. The molecule has 4 rings (SSSR count). The van der Waals surface area contributed by atoms with E-state index >= 15 is 0 Å². The van der Waals surface area contributed by atoms with Crippen molar-refractivity contribution in [3.05, 3.63) is 46.7 Å². The molecule has 1 aliphatic rings. The Morgan fingerprint density at radius 1 is 1.23 bits per heavy atom. The fourth-order valence-corrected chi connectivity index (χ4v) is 3.78. The number of carbonyl (C=O) groups excluding carboxylic acids is 1. The molecule has 0 atom stereocenters. The van der Waals surface area contributed by atoms with Crippen LogP contribution in [0.15, 0.2) is 34.2 Å². The summed E-state index contributed by atoms with van der Waals surface area (Å²) in [6.45, 7) is 3.81. The normalized spacial score (nSPS) is 15.1. The maximum absolute atomic E-state index is 12.4. The van der Waals surface area contributed by atoms with Gasteiger partial charge in [-0.25, -0.2) is 4.98 Å². The molecule has 1 saturated heterocycles. The topological polar surface area (TPSA) is 92.9 Å². The van der Waals surface area contributed by atoms with E-state index in [1.807, 2.05) is 5.38 Å². The third kappa shape index (κ3) is 3.66. The van der Waals surface area contributed by atoms with Gasteiger partial charge >= 0.3 is 0 Å². The Bertz CT molecular complexity index is 896. The van der Waals surface area contributed by atoms with Gasteiger partial charge in [-0.05, 0) is 57.1 Å². The molecule has 1 aliphatic heterocycles. The fourth-order valence-electron chi connectivity index (χ4n) is 3.00. The Kier molecular flexibility index (Phi) is 4.77. The molecule has 1 amide bonds. The van der Waals surface area contributed by atoms with E-state index in [1.165, 1.54) is 11.3 Å². The van der Waals surface area contributed by atoms with Crippen LogP contribution in [0.1, 0.15) is 40.6 Å². The standard InChI is InChI=1S/C18H19N5O2S/c1-11-20-17(25-23-11)14-4-2-13(3-5-14)16(24)22-18-21-15(10-26-18)12-6-8-19-9-7-12/h2-5,10,12,19H,6-9H2,1H3,(H,21,22,24). The van der Waals surface area contributed by atoms with Gasteiger partial charge in [0.05, 0.1) is 5.69 Å². The van der Waals surface area contributed by atoms with Gasteiger partial charge in [-0.2, -0.15) is 4.98 Å². The van der Waals surface area contributed by atoms with Crippen LogP contribution in [0.4, 0.5) is 5.13 Å². The van der Waals surface area contributed by atoms with Crippen LogP contribution in [0, 0.1) is 6.92 Å². The highest BCUT2D eigenvalue weighted by Gasteiger charge is 2.19. The number of aryl methyl sites for hydroxylation is 1. The lowest BCUT2D eigenvalue weighted by Crippen LogP contribution is -2.26. The number of nitrogens with one attached hydrogen (secondary N) is 2. The number of amides is 1. The number of carbonyl (C=O) groups is 1. The summed E-state index contributed by atoms with van der Waals surface area (Å²) in [5.74, 6) is 1.33. The number of hydrogen-bond donors (Lipinski definition) is 2. The molecule has 134 valence electrons. The Hall–Kier alpha value is -2.58. The monoisotopic (exact) mass is 369 g/mol. The van der Waals surface area contributed by atoms with Crippen molar-refractivity contribution in [1.29, 1.82) is 0 Å². The molecule has 3 heterocycles. The zero-order valence-corrected chi connectivity index (χ0v) is 15.2. The first kappa shape index (κ1) is 16.9. The van der Waals surface area contributed by atoms with E-state index < -0.39 is 0 Å². The second-order valence-electron chi connectivity index (χ2n) is 6.28. The van der Waals surface area contributed by atoms with Crippen LogP contribution in [-0.4, -0.2) is 34.1 Å². The van der Waals surface area contributed by atoms with Gasteiger partial charge in [0.1, 0.15) is 0 Å². The second-order valence-corrected chi connectivity index (χ2v) is 7.14. The molecular weight excluding hydrogens is 350 g/mol. The first-order chi connectivity index (χ1) is 12.7. The van der Waals surface area contributed by atoms with E-state index in [9.17, 15) is 4.79 Å². The average Bonchev–Trinajstić information content (AvgIpc) is 3.32. The minimum absolute atomic E-state index is 0.176. The lowest BCUT2D eigenvalue weighted by molar-refractivity contribution is 0.102. The number of rotatable bonds is 4. The summed E-state index contributed by atoms with van der Waals surface area (Å²) < 4.78 is 5.13. The summed E-state index contributed by atoms with van der Waals surface area (Å²) in [5, 5.41) is 12.7. The highest BCUT2D eigenvalue weighted by Crippen LogP contribution is 2.28. The van der Waals surface area contributed by atoms with E-state index in [0.29, 0.717) is 28.3 Å². The zero-order chi connectivity index (χ0) is 17.9. The van der Waals surface area contributed by atoms with Crippen molar-refractivity contribution in [1.82, 2.24) is 20.4 Å². The van der Waals surface area contributed by atoms with E-state index in [-0.39, 0.29) is 5.91 Å². The van der Waals surface area contributed by atoms with Gasteiger partial charge in [0.2, 0.25) is 0 Å². The zero-order valence-electron chi connectivity index (χ0n) is 14.4. The van der Waals surface area contributed by atoms with Crippen molar-refractivity contribution in [2.45, 2.75) is 25.7 Å². The van der Waals surface area contributed by atoms with Gasteiger partial charge in [0.15, 0.2) is 11.0 Å². The molecule has 1 fully saturated rings. The third-order valence-corrected chi connectivity index (χ3v) is 5.20. The van der Waals surface area contributed by atoms with Crippen LogP contribution < -0.4 is 10.6 Å². The molecule has 0 bridgehead atoms. The lowest BCUT2D eigenvalue weighted by atomic mass is 9.96. The molecule has 0 aliphatic carbocycles. The predicted molar refractivity (Wildman–Crippen MR) is 99.4 cm³/mol. The molecule has 0 saturated carbocycles. The van der Waals surface area contributed by atoms with Crippen LogP contribution in [-0.2, 0) is 0 Å². The van der Waals surface area contributed by atoms with Crippen molar-refractivity contribution in [2.24, 2.45) is 0 Å². The minimum Gasteiger partial charge on any atom is -0.334 e. The molecule has 1 aromatic carbocycles. The summed E-state index contributed by atoms with van der Waals surface area (Å²) >= 11 is 1.47. The minimum atomic E-state index is -0.176. The molecule has 2 N–H and O–H groups in total. The number of hydrogen-bond acceptors (Lipinski definition) is 7. The largest absolute Gasteiger partial charge is 0.334 e. The first-order valence-electron chi connectivity index (χ1n) is 8.57. The van der Waals surface area contributed by atoms with Crippen molar-refractivity contribution >= 4 is 22.4 Å². The van der Waals surface area contributed by atoms with Crippen molar-refractivity contribution in [3.8, 4) is 11.5 Å². The number of aromatic nitrogens is 3. The molecule has 3 aromatic rings. The Balaban J connectivity index is 1.42. The quantitative estimate of drug-likeness (QED) is 0.733. The average molecular weight is 369 g/mol. The fraction of sp³-hybridized carbons (Fsp3) is 0.333. The summed E-state index contributed by atoms with van der Waals surface area (Å²) in [4.78, 5) is 21.2. The van der Waals surface area contributed by atoms with E-state index in [1.54, 1.807) is 31.2 Å². The molecule has 0 radical (unpaired) electrons. The maximum Gasteiger partial charge on any atom is 0.257 e. The summed E-state index contributed by atoms with van der Waals surface area (Å²) in [7, 11) is 0. The van der Waals surface area contributed by atoms with Gasteiger partial charge in [-0.15, -0.1) is 11.3 Å². The number of nitrogens with zero attached hydrogens (tertiary/aromatic N) is 3. The molecule has 2 aromatic heterocycles. The highest BCUT2D eigenvalue weighted by molar-refractivity contribution is 7.14. The summed E-state index contributed by atoms with van der Waals surface area (Å²) in [6.07, 6.45) is 2.18. The van der Waals surface area contributed by atoms with Crippen LogP contribution in [0.3, 0.4) is 0 Å². The number of benzene rings is 1. The highest BCUT2D eigenvalue weighted by atomic mass is 32.1. The molecule has 26 heavy (non-hydrogen) atoms. The molecule has 0 unspecified atom stereocenters. The molecule has 0 spiro atoms. The smallest absolute Gasteiger partial charge is 0.257 e. The summed E-state index contributed by atoms with van der Waals surface area (Å²) in [5.41, 5.74) is 2.42. The molecule has 7 nitrogen and oxygen atoms in total. The van der Waals surface area contributed by atoms with E-state index in [4.69, 9.17) is 4.52 Å². The Morgan fingerprint density at radius 2 is 2.00 bits per heavy atom. The van der Waals surface area contributed by atoms with Crippen molar-refractivity contribution in [3.63, 3.8) is 0 Å². The van der Waals surface area contributed by atoms with Crippen LogP contribution >= 0.6 is 11.3 Å². The van der Waals surface area contributed by atoms with Crippen LogP contribution in [0.5, 0.6) is 0 Å². The van der Waals surface area contributed by atoms with Gasteiger partial charge in [-0.1, -0.05) is 5.16 Å². The Labute approximate surface area is 154 Å². The molecule has 8 heteroatoms. The number of piperidine rings is 1. The van der Waals surface area contributed by atoms with Crippen molar-refractivity contribution in [2.75, 3.05) is 18.4 Å². The number of thiazole rings is 1. The molecular formula is C18H19N5O2S. The SMILES string of the molecule is Cc1noc(-c2ccc(C(=O)Nc3nc(C4CCNCC4)cs3)cc2)n1.